The van der Waals surface area contributed by atoms with Crippen LogP contribution >= 0.6 is 11.6 Å². The van der Waals surface area contributed by atoms with E-state index in [0.717, 1.165) is 18.2 Å². The van der Waals surface area contributed by atoms with Crippen molar-refractivity contribution in [3.8, 4) is 0 Å². The summed E-state index contributed by atoms with van der Waals surface area (Å²) >= 11 is 6.06. The minimum atomic E-state index is 0.546. The van der Waals surface area contributed by atoms with Crippen molar-refractivity contribution in [2.45, 2.75) is 44.9 Å². The molecule has 18 heavy (non-hydrogen) atoms. The number of rotatable bonds is 4. The Labute approximate surface area is 115 Å². The molecule has 1 saturated carbocycles. The molecule has 1 aliphatic carbocycles. The van der Waals surface area contributed by atoms with Crippen LogP contribution in [0.3, 0.4) is 0 Å². The van der Waals surface area contributed by atoms with Crippen molar-refractivity contribution in [3.63, 3.8) is 0 Å². The van der Waals surface area contributed by atoms with Gasteiger partial charge < -0.3 is 4.90 Å². The van der Waals surface area contributed by atoms with E-state index < -0.39 is 0 Å². The van der Waals surface area contributed by atoms with Gasteiger partial charge >= 0.3 is 0 Å². The molecule has 0 N–H and O–H groups in total. The highest BCUT2D eigenvalue weighted by Gasteiger charge is 2.20. The van der Waals surface area contributed by atoms with E-state index in [4.69, 9.17) is 11.6 Å². The predicted octanol–water partition coefficient (Wildman–Crippen LogP) is 3.48. The first-order valence-corrected chi connectivity index (χ1v) is 7.46. The second-order valence-corrected chi connectivity index (χ2v) is 5.80. The SMILES string of the molecule is Cc1nn(C)c(N(C)CC2CCCCC2)c1CCl. The lowest BCUT2D eigenvalue weighted by molar-refractivity contribution is 0.361. The van der Waals surface area contributed by atoms with Crippen LogP contribution < -0.4 is 4.90 Å². The molecule has 0 spiro atoms. The van der Waals surface area contributed by atoms with Crippen molar-refractivity contribution in [2.75, 3.05) is 18.5 Å². The van der Waals surface area contributed by atoms with Crippen molar-refractivity contribution in [1.29, 1.82) is 0 Å². The quantitative estimate of drug-likeness (QED) is 0.781. The van der Waals surface area contributed by atoms with Crippen LogP contribution in [0.25, 0.3) is 0 Å². The summed E-state index contributed by atoms with van der Waals surface area (Å²) in [7, 11) is 4.18. The first kappa shape index (κ1) is 13.7. The molecule has 4 heteroatoms. The lowest BCUT2D eigenvalue weighted by atomic mass is 9.89. The van der Waals surface area contributed by atoms with E-state index in [-0.39, 0.29) is 0 Å². The van der Waals surface area contributed by atoms with Crippen LogP contribution in [-0.2, 0) is 12.9 Å². The van der Waals surface area contributed by atoms with E-state index >= 15 is 0 Å². The number of aromatic nitrogens is 2. The molecule has 0 radical (unpaired) electrons. The molecule has 2 rings (SSSR count). The first-order chi connectivity index (χ1) is 8.63. The van der Waals surface area contributed by atoms with Crippen LogP contribution in [0.1, 0.15) is 43.4 Å². The highest BCUT2D eigenvalue weighted by Crippen LogP contribution is 2.28. The van der Waals surface area contributed by atoms with Gasteiger partial charge in [0, 0.05) is 26.2 Å². The molecule has 1 aromatic heterocycles. The Morgan fingerprint density at radius 3 is 2.61 bits per heavy atom. The zero-order valence-electron chi connectivity index (χ0n) is 11.7. The van der Waals surface area contributed by atoms with Crippen molar-refractivity contribution in [1.82, 2.24) is 9.78 Å². The summed E-state index contributed by atoms with van der Waals surface area (Å²) in [6, 6.07) is 0. The summed E-state index contributed by atoms with van der Waals surface area (Å²) in [5.74, 6) is 2.57. The zero-order valence-corrected chi connectivity index (χ0v) is 12.5. The van der Waals surface area contributed by atoms with Gasteiger partial charge in [-0.2, -0.15) is 5.10 Å². The lowest BCUT2D eigenvalue weighted by Crippen LogP contribution is -2.29. The molecule has 102 valence electrons. The number of halogens is 1. The van der Waals surface area contributed by atoms with Gasteiger partial charge in [-0.3, -0.25) is 4.68 Å². The maximum absolute atomic E-state index is 6.06. The van der Waals surface area contributed by atoms with Gasteiger partial charge in [-0.25, -0.2) is 0 Å². The van der Waals surface area contributed by atoms with Crippen LogP contribution in [0.2, 0.25) is 0 Å². The van der Waals surface area contributed by atoms with Gasteiger partial charge in [0.1, 0.15) is 5.82 Å². The standard InChI is InChI=1S/C14H24ClN3/c1-11-13(9-15)14(18(3)16-11)17(2)10-12-7-5-4-6-8-12/h12H,4-10H2,1-3H3. The second-order valence-electron chi connectivity index (χ2n) is 5.53. The number of hydrogen-bond acceptors (Lipinski definition) is 2. The van der Waals surface area contributed by atoms with E-state index in [0.29, 0.717) is 5.88 Å². The molecule has 1 fully saturated rings. The highest BCUT2D eigenvalue weighted by atomic mass is 35.5. The fourth-order valence-corrected chi connectivity index (χ4v) is 3.48. The summed E-state index contributed by atoms with van der Waals surface area (Å²) in [5, 5.41) is 4.49. The largest absolute Gasteiger partial charge is 0.359 e. The Bertz CT molecular complexity index is 394. The van der Waals surface area contributed by atoms with E-state index in [1.54, 1.807) is 0 Å². The average Bonchev–Trinajstić information content (AvgIpc) is 2.64. The summed E-state index contributed by atoms with van der Waals surface area (Å²) in [5.41, 5.74) is 2.23. The summed E-state index contributed by atoms with van der Waals surface area (Å²) in [6.45, 7) is 3.17. The van der Waals surface area contributed by atoms with E-state index in [1.165, 1.54) is 43.5 Å². The molecule has 0 saturated heterocycles. The van der Waals surface area contributed by atoms with Crippen molar-refractivity contribution in [3.05, 3.63) is 11.3 Å². The van der Waals surface area contributed by atoms with Gasteiger partial charge in [-0.15, -0.1) is 11.6 Å². The smallest absolute Gasteiger partial charge is 0.130 e. The summed E-state index contributed by atoms with van der Waals surface area (Å²) in [6.07, 6.45) is 6.95. The number of nitrogens with zero attached hydrogens (tertiary/aromatic N) is 3. The molecule has 0 unspecified atom stereocenters. The maximum Gasteiger partial charge on any atom is 0.130 e. The van der Waals surface area contributed by atoms with Crippen LogP contribution in [0, 0.1) is 12.8 Å². The normalized spacial score (nSPS) is 17.1. The van der Waals surface area contributed by atoms with Gasteiger partial charge in [0.05, 0.1) is 11.6 Å². The Morgan fingerprint density at radius 1 is 1.33 bits per heavy atom. The second kappa shape index (κ2) is 5.96. The maximum atomic E-state index is 6.06. The van der Waals surface area contributed by atoms with Crippen LogP contribution in [-0.4, -0.2) is 23.4 Å². The first-order valence-electron chi connectivity index (χ1n) is 6.93. The van der Waals surface area contributed by atoms with Gasteiger partial charge in [0.25, 0.3) is 0 Å². The molecule has 0 bridgehead atoms. The molecule has 0 aliphatic heterocycles. The summed E-state index contributed by atoms with van der Waals surface area (Å²) in [4.78, 5) is 2.34. The Morgan fingerprint density at radius 2 is 2.00 bits per heavy atom. The highest BCUT2D eigenvalue weighted by molar-refractivity contribution is 6.17. The molecule has 0 amide bonds. The van der Waals surface area contributed by atoms with E-state index in [1.807, 2.05) is 18.7 Å². The third-order valence-electron chi connectivity index (χ3n) is 4.07. The Kier molecular flexibility index (Phi) is 4.55. The van der Waals surface area contributed by atoms with Crippen molar-refractivity contribution < 1.29 is 0 Å². The molecule has 0 aromatic carbocycles. The van der Waals surface area contributed by atoms with Crippen LogP contribution in [0.5, 0.6) is 0 Å². The van der Waals surface area contributed by atoms with Gasteiger partial charge in [-0.05, 0) is 25.7 Å². The molecule has 1 aromatic rings. The zero-order chi connectivity index (χ0) is 13.1. The number of alkyl halides is 1. The molecule has 0 atom stereocenters. The minimum absolute atomic E-state index is 0.546. The van der Waals surface area contributed by atoms with Gasteiger partial charge in [0.15, 0.2) is 0 Å². The van der Waals surface area contributed by atoms with Crippen molar-refractivity contribution in [2.24, 2.45) is 13.0 Å². The van der Waals surface area contributed by atoms with Crippen LogP contribution in [0.15, 0.2) is 0 Å². The van der Waals surface area contributed by atoms with Crippen molar-refractivity contribution >= 4 is 17.4 Å². The van der Waals surface area contributed by atoms with E-state index in [9.17, 15) is 0 Å². The fraction of sp³-hybridized carbons (Fsp3) is 0.786. The third-order valence-corrected chi connectivity index (χ3v) is 4.33. The number of hydrogen-bond donors (Lipinski definition) is 0. The average molecular weight is 270 g/mol. The summed E-state index contributed by atoms with van der Waals surface area (Å²) < 4.78 is 1.97. The molecule has 1 aliphatic rings. The monoisotopic (exact) mass is 269 g/mol. The lowest BCUT2D eigenvalue weighted by Gasteiger charge is -2.28. The topological polar surface area (TPSA) is 21.1 Å². The molecular weight excluding hydrogens is 246 g/mol. The fourth-order valence-electron chi connectivity index (χ4n) is 3.17. The predicted molar refractivity (Wildman–Crippen MR) is 77.3 cm³/mol. The Hall–Kier alpha value is -0.700. The van der Waals surface area contributed by atoms with Gasteiger partial charge in [0.2, 0.25) is 0 Å². The molecular formula is C14H24ClN3. The number of aryl methyl sites for hydroxylation is 2. The van der Waals surface area contributed by atoms with Crippen LogP contribution in [0.4, 0.5) is 5.82 Å². The molecule has 1 heterocycles. The van der Waals surface area contributed by atoms with E-state index in [2.05, 4.69) is 17.0 Å². The minimum Gasteiger partial charge on any atom is -0.359 e. The Balaban J connectivity index is 2.10. The number of anilines is 1. The molecule has 3 nitrogen and oxygen atoms in total. The third kappa shape index (κ3) is 2.82. The van der Waals surface area contributed by atoms with Gasteiger partial charge in [-0.1, -0.05) is 19.3 Å².